The van der Waals surface area contributed by atoms with Crippen molar-refractivity contribution in [2.45, 2.75) is 0 Å². The van der Waals surface area contributed by atoms with E-state index in [9.17, 15) is 14.9 Å². The Hall–Kier alpha value is -3.72. The molecule has 3 aromatic rings. The molecule has 1 saturated heterocycles. The summed E-state index contributed by atoms with van der Waals surface area (Å²) in [5, 5.41) is 17.9. The molecule has 29 heavy (non-hydrogen) atoms. The van der Waals surface area contributed by atoms with Gasteiger partial charge in [-0.25, -0.2) is 4.68 Å². The molecule has 0 aliphatic carbocycles. The summed E-state index contributed by atoms with van der Waals surface area (Å²) in [5.74, 6) is -0.279. The number of non-ortho nitro benzene ring substituents is 1. The van der Waals surface area contributed by atoms with Crippen LogP contribution in [0.15, 0.2) is 60.9 Å². The van der Waals surface area contributed by atoms with Gasteiger partial charge in [0, 0.05) is 31.4 Å². The molecule has 1 amide bonds. The van der Waals surface area contributed by atoms with Crippen LogP contribution in [0.25, 0.3) is 5.69 Å². The third-order valence-electron chi connectivity index (χ3n) is 4.67. The van der Waals surface area contributed by atoms with Gasteiger partial charge in [0.15, 0.2) is 0 Å². The van der Waals surface area contributed by atoms with Crippen LogP contribution < -0.4 is 10.2 Å². The monoisotopic (exact) mass is 393 g/mol. The van der Waals surface area contributed by atoms with Gasteiger partial charge in [-0.05, 0) is 24.3 Å². The highest BCUT2D eigenvalue weighted by molar-refractivity contribution is 6.05. The number of aromatic nitrogens is 2. The van der Waals surface area contributed by atoms with Crippen molar-refractivity contribution < 1.29 is 14.5 Å². The summed E-state index contributed by atoms with van der Waals surface area (Å²) in [5.41, 5.74) is 2.69. The van der Waals surface area contributed by atoms with Crippen LogP contribution in [0, 0.1) is 10.1 Å². The van der Waals surface area contributed by atoms with Gasteiger partial charge in [0.25, 0.3) is 11.6 Å². The number of benzene rings is 2. The van der Waals surface area contributed by atoms with Crippen LogP contribution >= 0.6 is 0 Å². The summed E-state index contributed by atoms with van der Waals surface area (Å²) < 4.78 is 6.91. The number of rotatable bonds is 5. The number of carbonyl (C=O) groups is 1. The van der Waals surface area contributed by atoms with Gasteiger partial charge in [-0.15, -0.1) is 0 Å². The van der Waals surface area contributed by atoms with E-state index < -0.39 is 4.92 Å². The van der Waals surface area contributed by atoms with Crippen molar-refractivity contribution in [1.82, 2.24) is 9.78 Å². The summed E-state index contributed by atoms with van der Waals surface area (Å²) >= 11 is 0. The molecule has 148 valence electrons. The van der Waals surface area contributed by atoms with Gasteiger partial charge in [-0.1, -0.05) is 12.1 Å². The van der Waals surface area contributed by atoms with Crippen LogP contribution in [0.1, 0.15) is 10.4 Å². The van der Waals surface area contributed by atoms with E-state index >= 15 is 0 Å². The van der Waals surface area contributed by atoms with Gasteiger partial charge < -0.3 is 15.0 Å². The van der Waals surface area contributed by atoms with Gasteiger partial charge in [0.2, 0.25) is 0 Å². The lowest BCUT2D eigenvalue weighted by Crippen LogP contribution is -2.36. The molecule has 2 aromatic carbocycles. The Morgan fingerprint density at radius 2 is 1.83 bits per heavy atom. The second kappa shape index (κ2) is 8.11. The molecule has 0 radical (unpaired) electrons. The lowest BCUT2D eigenvalue weighted by Gasteiger charge is -2.30. The third-order valence-corrected chi connectivity index (χ3v) is 4.67. The molecule has 9 nitrogen and oxygen atoms in total. The van der Waals surface area contributed by atoms with E-state index in [-0.39, 0.29) is 11.6 Å². The van der Waals surface area contributed by atoms with Gasteiger partial charge in [0.05, 0.1) is 47.0 Å². The minimum Gasteiger partial charge on any atom is -0.378 e. The highest BCUT2D eigenvalue weighted by Crippen LogP contribution is 2.27. The molecule has 0 spiro atoms. The summed E-state index contributed by atoms with van der Waals surface area (Å²) in [6.07, 6.45) is 3.06. The van der Waals surface area contributed by atoms with Crippen molar-refractivity contribution in [3.05, 3.63) is 76.6 Å². The first kappa shape index (κ1) is 18.6. The average Bonchev–Trinajstić information content (AvgIpc) is 3.25. The quantitative estimate of drug-likeness (QED) is 0.528. The molecule has 4 rings (SSSR count). The summed E-state index contributed by atoms with van der Waals surface area (Å²) in [7, 11) is 0. The van der Waals surface area contributed by atoms with E-state index in [1.165, 1.54) is 23.0 Å². The minimum absolute atomic E-state index is 0.00130. The first-order valence-corrected chi connectivity index (χ1v) is 9.14. The molecule has 2 heterocycles. The van der Waals surface area contributed by atoms with Crippen molar-refractivity contribution in [2.75, 3.05) is 36.5 Å². The van der Waals surface area contributed by atoms with Crippen molar-refractivity contribution in [1.29, 1.82) is 0 Å². The van der Waals surface area contributed by atoms with Crippen LogP contribution in [0.5, 0.6) is 0 Å². The fraction of sp³-hybridized carbons (Fsp3) is 0.200. The highest BCUT2D eigenvalue weighted by Gasteiger charge is 2.17. The predicted molar refractivity (Wildman–Crippen MR) is 108 cm³/mol. The SMILES string of the molecule is O=C(Nc1ccccc1N1CCOCC1)c1cnn(-c2ccc([N+](=O)[O-])cc2)c1. The molecule has 0 saturated carbocycles. The third kappa shape index (κ3) is 4.09. The Morgan fingerprint density at radius 3 is 2.55 bits per heavy atom. The Bertz CT molecular complexity index is 1030. The van der Waals surface area contributed by atoms with E-state index in [0.717, 1.165) is 24.5 Å². The fourth-order valence-corrected chi connectivity index (χ4v) is 3.16. The number of nitrogens with zero attached hydrogens (tertiary/aromatic N) is 4. The fourth-order valence-electron chi connectivity index (χ4n) is 3.16. The lowest BCUT2D eigenvalue weighted by molar-refractivity contribution is -0.384. The molecular weight excluding hydrogens is 374 g/mol. The summed E-state index contributed by atoms with van der Waals surface area (Å²) in [6.45, 7) is 2.85. The zero-order chi connectivity index (χ0) is 20.2. The van der Waals surface area contributed by atoms with Gasteiger partial charge in [0.1, 0.15) is 0 Å². The van der Waals surface area contributed by atoms with E-state index in [1.54, 1.807) is 18.3 Å². The molecule has 1 N–H and O–H groups in total. The Kier molecular flexibility index (Phi) is 5.21. The summed E-state index contributed by atoms with van der Waals surface area (Å²) in [6, 6.07) is 13.6. The zero-order valence-electron chi connectivity index (χ0n) is 15.5. The van der Waals surface area contributed by atoms with Crippen LogP contribution in [0.4, 0.5) is 17.1 Å². The highest BCUT2D eigenvalue weighted by atomic mass is 16.6. The Balaban J connectivity index is 1.51. The second-order valence-corrected chi connectivity index (χ2v) is 6.52. The molecule has 0 unspecified atom stereocenters. The molecular formula is C20H19N5O4. The van der Waals surface area contributed by atoms with Crippen molar-refractivity contribution >= 4 is 23.0 Å². The molecule has 1 aliphatic heterocycles. The van der Waals surface area contributed by atoms with Gasteiger partial charge >= 0.3 is 0 Å². The molecule has 0 atom stereocenters. The number of para-hydroxylation sites is 2. The van der Waals surface area contributed by atoms with E-state index in [0.29, 0.717) is 24.5 Å². The van der Waals surface area contributed by atoms with Crippen molar-refractivity contribution in [3.63, 3.8) is 0 Å². The summed E-state index contributed by atoms with van der Waals surface area (Å²) in [4.78, 5) is 25.2. The normalized spacial score (nSPS) is 13.9. The number of ether oxygens (including phenoxy) is 1. The molecule has 1 aromatic heterocycles. The standard InChI is InChI=1S/C20H19N5O4/c26-20(22-18-3-1-2-4-19(18)23-9-11-29-12-10-23)15-13-21-24(14-15)16-5-7-17(8-6-16)25(27)28/h1-8,13-14H,9-12H2,(H,22,26). The number of amides is 1. The van der Waals surface area contributed by atoms with Crippen LogP contribution in [-0.2, 0) is 4.74 Å². The maximum Gasteiger partial charge on any atom is 0.269 e. The van der Waals surface area contributed by atoms with E-state index in [1.807, 2.05) is 24.3 Å². The molecule has 0 bridgehead atoms. The maximum absolute atomic E-state index is 12.7. The largest absolute Gasteiger partial charge is 0.378 e. The number of hydrogen-bond donors (Lipinski definition) is 1. The van der Waals surface area contributed by atoms with Crippen LogP contribution in [-0.4, -0.2) is 46.9 Å². The van der Waals surface area contributed by atoms with Gasteiger partial charge in [-0.3, -0.25) is 14.9 Å². The Morgan fingerprint density at radius 1 is 1.10 bits per heavy atom. The predicted octanol–water partition coefficient (Wildman–Crippen LogP) is 2.87. The number of nitrogens with one attached hydrogen (secondary N) is 1. The molecule has 1 fully saturated rings. The number of hydrogen-bond acceptors (Lipinski definition) is 6. The number of morpholine rings is 1. The van der Waals surface area contributed by atoms with E-state index in [2.05, 4.69) is 15.3 Å². The Labute approximate surface area is 166 Å². The van der Waals surface area contributed by atoms with Crippen LogP contribution in [0.3, 0.4) is 0 Å². The second-order valence-electron chi connectivity index (χ2n) is 6.52. The van der Waals surface area contributed by atoms with Crippen LogP contribution in [0.2, 0.25) is 0 Å². The first-order chi connectivity index (χ1) is 14.1. The van der Waals surface area contributed by atoms with E-state index in [4.69, 9.17) is 4.74 Å². The van der Waals surface area contributed by atoms with Gasteiger partial charge in [-0.2, -0.15) is 5.10 Å². The van der Waals surface area contributed by atoms with Crippen molar-refractivity contribution in [3.8, 4) is 5.69 Å². The molecule has 9 heteroatoms. The average molecular weight is 393 g/mol. The minimum atomic E-state index is -0.461. The topological polar surface area (TPSA) is 103 Å². The number of carbonyl (C=O) groups excluding carboxylic acids is 1. The first-order valence-electron chi connectivity index (χ1n) is 9.14. The van der Waals surface area contributed by atoms with Crippen molar-refractivity contribution in [2.24, 2.45) is 0 Å². The number of anilines is 2. The maximum atomic E-state index is 12.7. The number of nitro groups is 1. The zero-order valence-corrected chi connectivity index (χ0v) is 15.5. The molecule has 1 aliphatic rings. The smallest absolute Gasteiger partial charge is 0.269 e. The lowest BCUT2D eigenvalue weighted by atomic mass is 10.2. The number of nitro benzene ring substituents is 1.